The van der Waals surface area contributed by atoms with Gasteiger partial charge >= 0.3 is 6.18 Å². The molecule has 2 aromatic carbocycles. The molecule has 3 rings (SSSR count). The highest BCUT2D eigenvalue weighted by molar-refractivity contribution is 5.73. The summed E-state index contributed by atoms with van der Waals surface area (Å²) in [6.45, 7) is 6.37. The first kappa shape index (κ1) is 32.5. The van der Waals surface area contributed by atoms with Crippen molar-refractivity contribution in [3.63, 3.8) is 0 Å². The molecule has 0 unspecified atom stereocenters. The molecule has 0 spiro atoms. The minimum absolute atomic E-state index is 0.00530. The first-order valence-electron chi connectivity index (χ1n) is 12.9. The summed E-state index contributed by atoms with van der Waals surface area (Å²) in [5.41, 5.74) is 4.57. The Balaban J connectivity index is 0.00000131. The van der Waals surface area contributed by atoms with E-state index in [1.807, 2.05) is 6.92 Å². The minimum atomic E-state index is -4.63. The average Bonchev–Trinajstić information content (AvgIpc) is 3.36. The fourth-order valence-corrected chi connectivity index (χ4v) is 3.55. The molecule has 0 saturated heterocycles. The van der Waals surface area contributed by atoms with E-state index in [2.05, 4.69) is 17.1 Å². The van der Waals surface area contributed by atoms with E-state index in [9.17, 15) is 22.0 Å². The van der Waals surface area contributed by atoms with Crippen LogP contribution in [0.3, 0.4) is 0 Å². The lowest BCUT2D eigenvalue weighted by molar-refractivity contribution is -0.138. The molecule has 0 radical (unpaired) electrons. The number of hydrogen-bond donors (Lipinski definition) is 2. The van der Waals surface area contributed by atoms with Gasteiger partial charge in [-0.25, -0.2) is 8.78 Å². The summed E-state index contributed by atoms with van der Waals surface area (Å²) < 4.78 is 78.4. The zero-order chi connectivity index (χ0) is 29.9. The quantitative estimate of drug-likeness (QED) is 0.105. The Morgan fingerprint density at radius 3 is 2.35 bits per heavy atom. The second kappa shape index (κ2) is 14.6. The van der Waals surface area contributed by atoms with E-state index in [1.165, 1.54) is 31.2 Å². The molecular weight excluding hydrogens is 531 g/mol. The highest BCUT2D eigenvalue weighted by atomic mass is 19.4. The maximum atomic E-state index is 13.7. The fourth-order valence-electron chi connectivity index (χ4n) is 3.55. The summed E-state index contributed by atoms with van der Waals surface area (Å²) in [5, 5.41) is 10.1. The van der Waals surface area contributed by atoms with Crippen LogP contribution >= 0.6 is 0 Å². The van der Waals surface area contributed by atoms with Gasteiger partial charge in [-0.1, -0.05) is 68.3 Å². The molecule has 1 heterocycles. The Bertz CT molecular complexity index is 1240. The summed E-state index contributed by atoms with van der Waals surface area (Å²) >= 11 is 0. The molecular formula is C29H35F5N4O2. The molecule has 3 aromatic rings. The van der Waals surface area contributed by atoms with Crippen LogP contribution in [0.2, 0.25) is 0 Å². The van der Waals surface area contributed by atoms with Crippen molar-refractivity contribution in [2.75, 3.05) is 6.61 Å². The van der Waals surface area contributed by atoms with Crippen LogP contribution in [0.4, 0.5) is 22.0 Å². The van der Waals surface area contributed by atoms with Crippen molar-refractivity contribution < 1.29 is 31.2 Å². The van der Waals surface area contributed by atoms with E-state index in [-0.39, 0.29) is 41.1 Å². The lowest BCUT2D eigenvalue weighted by atomic mass is 10.0. The van der Waals surface area contributed by atoms with Crippen LogP contribution in [0.1, 0.15) is 81.9 Å². The Labute approximate surface area is 230 Å². The van der Waals surface area contributed by atoms with Gasteiger partial charge in [0.05, 0.1) is 18.0 Å². The summed E-state index contributed by atoms with van der Waals surface area (Å²) in [5.74, 6) is -2.53. The van der Waals surface area contributed by atoms with Gasteiger partial charge in [0.1, 0.15) is 5.75 Å². The van der Waals surface area contributed by atoms with Gasteiger partial charge in [-0.15, -0.1) is 0 Å². The Morgan fingerprint density at radius 2 is 1.77 bits per heavy atom. The van der Waals surface area contributed by atoms with Crippen molar-refractivity contribution in [1.82, 2.24) is 10.1 Å². The number of benzene rings is 2. The van der Waals surface area contributed by atoms with Crippen molar-refractivity contribution in [2.45, 2.75) is 71.4 Å². The van der Waals surface area contributed by atoms with E-state index >= 15 is 0 Å². The number of unbranched alkanes of at least 4 members (excludes halogenated alkanes) is 1. The molecule has 6 nitrogen and oxygen atoms in total. The van der Waals surface area contributed by atoms with Crippen LogP contribution in [-0.2, 0) is 12.1 Å². The third kappa shape index (κ3) is 10.4. The molecule has 0 aliphatic carbocycles. The van der Waals surface area contributed by atoms with Gasteiger partial charge in [0.25, 0.3) is 5.92 Å². The first-order valence-corrected chi connectivity index (χ1v) is 12.9. The van der Waals surface area contributed by atoms with E-state index in [0.717, 1.165) is 32.3 Å². The molecule has 0 aliphatic heterocycles. The predicted octanol–water partition coefficient (Wildman–Crippen LogP) is 8.59. The van der Waals surface area contributed by atoms with Crippen LogP contribution in [-0.4, -0.2) is 22.6 Å². The molecule has 0 bridgehead atoms. The Morgan fingerprint density at radius 1 is 1.12 bits per heavy atom. The minimum Gasteiger partial charge on any atom is -0.493 e. The molecule has 218 valence electrons. The number of nitrogens with zero attached hydrogens (tertiary/aromatic N) is 2. The van der Waals surface area contributed by atoms with Crippen molar-refractivity contribution >= 4 is 11.9 Å². The number of hydrogen-bond acceptors (Lipinski definition) is 5. The number of nitrogens with one attached hydrogen (secondary N) is 1. The third-order valence-electron chi connectivity index (χ3n) is 5.67. The molecule has 0 fully saturated rings. The number of ether oxygens (including phenoxy) is 1. The number of amidine groups is 1. The van der Waals surface area contributed by atoms with E-state index < -0.39 is 17.7 Å². The molecule has 0 aliphatic rings. The summed E-state index contributed by atoms with van der Waals surface area (Å²) in [7, 11) is 0. The maximum Gasteiger partial charge on any atom is 0.419 e. The van der Waals surface area contributed by atoms with E-state index in [4.69, 9.17) is 20.4 Å². The number of nitrogens with two attached hydrogens (primary N) is 1. The van der Waals surface area contributed by atoms with Gasteiger partial charge in [0.15, 0.2) is 0 Å². The first-order chi connectivity index (χ1) is 18.7. The van der Waals surface area contributed by atoms with Crippen molar-refractivity contribution in [3.8, 4) is 17.1 Å². The number of rotatable bonds is 11. The van der Waals surface area contributed by atoms with E-state index in [0.29, 0.717) is 17.9 Å². The normalized spacial score (nSPS) is 12.6. The third-order valence-corrected chi connectivity index (χ3v) is 5.67. The monoisotopic (exact) mass is 566 g/mol. The SMILES string of the molecule is CC(=N)N.CCCC[C@H](C)c1nc(-c2ccc(OCC/C=C/c3ccc(C(C)(F)F)cc3)c(C(F)(F)F)c2)no1. The molecule has 0 amide bonds. The lowest BCUT2D eigenvalue weighted by Crippen LogP contribution is -2.09. The van der Waals surface area contributed by atoms with Crippen molar-refractivity contribution in [1.29, 1.82) is 5.41 Å². The van der Waals surface area contributed by atoms with Gasteiger partial charge in [0, 0.05) is 24.0 Å². The van der Waals surface area contributed by atoms with Crippen LogP contribution in [0.15, 0.2) is 53.1 Å². The topological polar surface area (TPSA) is 98.0 Å². The molecule has 1 aromatic heterocycles. The highest BCUT2D eigenvalue weighted by Crippen LogP contribution is 2.38. The van der Waals surface area contributed by atoms with Crippen LogP contribution in [0.25, 0.3) is 17.5 Å². The van der Waals surface area contributed by atoms with Gasteiger partial charge < -0.3 is 15.0 Å². The zero-order valence-electron chi connectivity index (χ0n) is 23.0. The van der Waals surface area contributed by atoms with Crippen LogP contribution in [0, 0.1) is 5.41 Å². The van der Waals surface area contributed by atoms with Gasteiger partial charge in [0.2, 0.25) is 11.7 Å². The predicted molar refractivity (Wildman–Crippen MR) is 145 cm³/mol. The standard InChI is InChI=1S/C27H29F5N2O2.C2H6N2/c1-4-5-8-18(2)25-33-24(34-36-25)20-12-15-23(22(17-20)27(30,31)32)35-16-7-6-9-19-10-13-21(14-11-19)26(3,28)29;1-2(3)4/h6,9-15,17-18H,4-5,7-8,16H2,1-3H3;1H3,(H3,3,4)/b9-6+;/t18-;/m0./s1. The van der Waals surface area contributed by atoms with Gasteiger partial charge in [-0.3, -0.25) is 5.41 Å². The molecule has 1 atom stereocenters. The summed E-state index contributed by atoms with van der Waals surface area (Å²) in [6, 6.07) is 9.47. The van der Waals surface area contributed by atoms with Crippen molar-refractivity contribution in [3.05, 3.63) is 71.1 Å². The van der Waals surface area contributed by atoms with Gasteiger partial charge in [-0.05, 0) is 43.5 Å². The van der Waals surface area contributed by atoms with Crippen LogP contribution in [0.5, 0.6) is 5.75 Å². The smallest absolute Gasteiger partial charge is 0.419 e. The molecule has 40 heavy (non-hydrogen) atoms. The van der Waals surface area contributed by atoms with Crippen molar-refractivity contribution in [2.24, 2.45) is 5.73 Å². The maximum absolute atomic E-state index is 13.7. The number of alkyl halides is 5. The van der Waals surface area contributed by atoms with E-state index in [1.54, 1.807) is 24.3 Å². The lowest BCUT2D eigenvalue weighted by Gasteiger charge is -2.14. The van der Waals surface area contributed by atoms with Crippen LogP contribution < -0.4 is 10.5 Å². The Kier molecular flexibility index (Phi) is 11.8. The zero-order valence-corrected chi connectivity index (χ0v) is 23.0. The average molecular weight is 567 g/mol. The largest absolute Gasteiger partial charge is 0.493 e. The fraction of sp³-hybridized carbons (Fsp3) is 0.414. The Hall–Kier alpha value is -3.76. The summed E-state index contributed by atoms with van der Waals surface area (Å²) in [6.07, 6.45) is 1.96. The number of aromatic nitrogens is 2. The second-order valence-electron chi connectivity index (χ2n) is 9.44. The second-order valence-corrected chi connectivity index (χ2v) is 9.44. The molecule has 11 heteroatoms. The number of halogens is 5. The molecule has 0 saturated carbocycles. The molecule has 3 N–H and O–H groups in total. The summed E-state index contributed by atoms with van der Waals surface area (Å²) in [4.78, 5) is 4.28. The highest BCUT2D eigenvalue weighted by Gasteiger charge is 2.35. The van der Waals surface area contributed by atoms with Gasteiger partial charge in [-0.2, -0.15) is 18.2 Å².